The first-order chi connectivity index (χ1) is 13.3. The predicted molar refractivity (Wildman–Crippen MR) is 116 cm³/mol. The van der Waals surface area contributed by atoms with E-state index in [1.807, 2.05) is 26.2 Å². The topological polar surface area (TPSA) is 75.4 Å². The fraction of sp³-hybridized carbons (Fsp3) is 0.304. The summed E-state index contributed by atoms with van der Waals surface area (Å²) in [6, 6.07) is 13.2. The molecule has 0 unspecified atom stereocenters. The van der Waals surface area contributed by atoms with Gasteiger partial charge in [0, 0.05) is 40.3 Å². The molecule has 28 heavy (non-hydrogen) atoms. The zero-order valence-electron chi connectivity index (χ0n) is 17.1. The Hall–Kier alpha value is -2.92. The molecule has 0 fully saturated rings. The predicted octanol–water partition coefficient (Wildman–Crippen LogP) is 4.36. The van der Waals surface area contributed by atoms with Gasteiger partial charge in [-0.1, -0.05) is 25.5 Å². The van der Waals surface area contributed by atoms with E-state index in [4.69, 9.17) is 5.73 Å². The summed E-state index contributed by atoms with van der Waals surface area (Å²) >= 11 is 0. The van der Waals surface area contributed by atoms with Gasteiger partial charge in [-0.05, 0) is 63.3 Å². The number of Topliss-reactive ketones (excluding diaryl/α,β-unsaturated/α-hetero) is 1. The lowest BCUT2D eigenvalue weighted by molar-refractivity contribution is -0.103. The van der Waals surface area contributed by atoms with Crippen LogP contribution in [0.15, 0.2) is 48.2 Å². The molecule has 0 amide bonds. The Labute approximate surface area is 167 Å². The van der Waals surface area contributed by atoms with Crippen molar-refractivity contribution in [1.29, 1.82) is 0 Å². The second kappa shape index (κ2) is 9.85. The Balaban J connectivity index is 2.43. The van der Waals surface area contributed by atoms with Crippen LogP contribution in [-0.2, 0) is 11.3 Å². The van der Waals surface area contributed by atoms with Crippen molar-refractivity contribution in [3.63, 3.8) is 0 Å². The van der Waals surface area contributed by atoms with Crippen molar-refractivity contribution in [1.82, 2.24) is 4.90 Å². The third kappa shape index (κ3) is 5.54. The summed E-state index contributed by atoms with van der Waals surface area (Å²) in [5, 5.41) is 3.38. The molecule has 148 valence electrons. The van der Waals surface area contributed by atoms with Crippen LogP contribution in [0.4, 0.5) is 11.4 Å². The number of carbonyl (C=O) groups excluding carboxylic acids is 2. The Morgan fingerprint density at radius 2 is 1.82 bits per heavy atom. The van der Waals surface area contributed by atoms with Gasteiger partial charge in [-0.25, -0.2) is 0 Å². The number of nitrogen functional groups attached to an aromatic ring is 1. The number of benzene rings is 2. The highest BCUT2D eigenvalue weighted by Crippen LogP contribution is 2.28. The third-order valence-corrected chi connectivity index (χ3v) is 4.44. The number of ketones is 1. The summed E-state index contributed by atoms with van der Waals surface area (Å²) in [6.45, 7) is 4.42. The molecule has 0 radical (unpaired) electrons. The number of hydrogen-bond donors (Lipinski definition) is 2. The number of allylic oxidation sites excluding steroid dienone is 2. The molecule has 2 rings (SSSR count). The van der Waals surface area contributed by atoms with E-state index in [-0.39, 0.29) is 5.78 Å². The average molecular weight is 380 g/mol. The molecule has 0 atom stereocenters. The van der Waals surface area contributed by atoms with Crippen molar-refractivity contribution in [2.75, 3.05) is 25.1 Å². The fourth-order valence-electron chi connectivity index (χ4n) is 3.05. The fourth-order valence-corrected chi connectivity index (χ4v) is 3.05. The summed E-state index contributed by atoms with van der Waals surface area (Å²) in [4.78, 5) is 25.8. The van der Waals surface area contributed by atoms with Gasteiger partial charge in [-0.3, -0.25) is 9.59 Å². The van der Waals surface area contributed by atoms with Crippen LogP contribution in [0.1, 0.15) is 48.2 Å². The molecule has 2 aromatic rings. The van der Waals surface area contributed by atoms with Crippen LogP contribution in [0.25, 0.3) is 5.57 Å². The number of nitrogens with two attached hydrogens (primary N) is 1. The lowest BCUT2D eigenvalue weighted by Crippen LogP contribution is -2.10. The smallest absolute Gasteiger partial charge is 0.159 e. The van der Waals surface area contributed by atoms with Gasteiger partial charge in [0.05, 0.1) is 0 Å². The van der Waals surface area contributed by atoms with Crippen molar-refractivity contribution in [2.45, 2.75) is 33.2 Å². The SMILES string of the molecule is CCC/C(Nc1ccc(CN(C)C)cc1)=C(/C=O)c1cc(C(C)=O)ccc1N. The third-order valence-electron chi connectivity index (χ3n) is 4.44. The van der Waals surface area contributed by atoms with Crippen LogP contribution >= 0.6 is 0 Å². The molecule has 2 aromatic carbocycles. The molecule has 0 aliphatic heterocycles. The molecule has 5 heteroatoms. The van der Waals surface area contributed by atoms with Gasteiger partial charge in [-0.2, -0.15) is 0 Å². The van der Waals surface area contributed by atoms with Crippen LogP contribution in [-0.4, -0.2) is 31.1 Å². The maximum absolute atomic E-state index is 12.0. The van der Waals surface area contributed by atoms with Crippen LogP contribution in [0.2, 0.25) is 0 Å². The Bertz CT molecular complexity index is 868. The van der Waals surface area contributed by atoms with Crippen LogP contribution < -0.4 is 11.1 Å². The number of carbonyl (C=O) groups is 2. The van der Waals surface area contributed by atoms with Crippen LogP contribution in [0, 0.1) is 0 Å². The monoisotopic (exact) mass is 379 g/mol. The van der Waals surface area contributed by atoms with E-state index in [2.05, 4.69) is 29.3 Å². The lowest BCUT2D eigenvalue weighted by Gasteiger charge is -2.17. The highest BCUT2D eigenvalue weighted by Gasteiger charge is 2.14. The molecule has 0 saturated heterocycles. The second-order valence-corrected chi connectivity index (χ2v) is 7.18. The number of rotatable bonds is 9. The Morgan fingerprint density at radius 1 is 1.14 bits per heavy atom. The summed E-state index contributed by atoms with van der Waals surface area (Å²) in [7, 11) is 4.06. The first kappa shape index (κ1) is 21.4. The van der Waals surface area contributed by atoms with E-state index < -0.39 is 0 Å². The molecular weight excluding hydrogens is 350 g/mol. The van der Waals surface area contributed by atoms with Crippen LogP contribution in [0.3, 0.4) is 0 Å². The van der Waals surface area contributed by atoms with Gasteiger partial charge in [-0.15, -0.1) is 0 Å². The lowest BCUT2D eigenvalue weighted by atomic mass is 9.97. The minimum atomic E-state index is -0.0621. The first-order valence-corrected chi connectivity index (χ1v) is 9.45. The summed E-state index contributed by atoms with van der Waals surface area (Å²) in [5.74, 6) is -0.0621. The minimum Gasteiger partial charge on any atom is -0.398 e. The molecule has 0 bridgehead atoms. The van der Waals surface area contributed by atoms with Gasteiger partial charge in [0.2, 0.25) is 0 Å². The second-order valence-electron chi connectivity index (χ2n) is 7.18. The quantitative estimate of drug-likeness (QED) is 0.293. The first-order valence-electron chi connectivity index (χ1n) is 9.45. The molecule has 0 spiro atoms. The van der Waals surface area contributed by atoms with Gasteiger partial charge in [0.25, 0.3) is 0 Å². The minimum absolute atomic E-state index is 0.0621. The van der Waals surface area contributed by atoms with E-state index >= 15 is 0 Å². The largest absolute Gasteiger partial charge is 0.398 e. The molecule has 0 heterocycles. The van der Waals surface area contributed by atoms with Crippen molar-refractivity contribution in [2.24, 2.45) is 0 Å². The number of hydrogen-bond acceptors (Lipinski definition) is 5. The van der Waals surface area contributed by atoms with E-state index in [9.17, 15) is 9.59 Å². The number of nitrogens with zero attached hydrogens (tertiary/aromatic N) is 1. The number of anilines is 2. The summed E-state index contributed by atoms with van der Waals surface area (Å²) in [5.41, 5.74) is 11.1. The molecule has 0 aliphatic carbocycles. The van der Waals surface area contributed by atoms with E-state index in [0.29, 0.717) is 28.8 Å². The van der Waals surface area contributed by atoms with Gasteiger partial charge < -0.3 is 16.0 Å². The van der Waals surface area contributed by atoms with Gasteiger partial charge in [0.15, 0.2) is 12.1 Å². The van der Waals surface area contributed by atoms with Crippen molar-refractivity contribution < 1.29 is 9.59 Å². The zero-order chi connectivity index (χ0) is 20.7. The normalized spacial score (nSPS) is 11.9. The molecular formula is C23H29N3O2. The van der Waals surface area contributed by atoms with E-state index in [1.165, 1.54) is 12.5 Å². The Kier molecular flexibility index (Phi) is 7.52. The van der Waals surface area contributed by atoms with Crippen LogP contribution in [0.5, 0.6) is 0 Å². The van der Waals surface area contributed by atoms with E-state index in [1.54, 1.807) is 18.2 Å². The maximum Gasteiger partial charge on any atom is 0.159 e. The summed E-state index contributed by atoms with van der Waals surface area (Å²) < 4.78 is 0. The highest BCUT2D eigenvalue weighted by atomic mass is 16.1. The molecule has 0 aromatic heterocycles. The van der Waals surface area contributed by atoms with Crippen molar-refractivity contribution in [3.05, 3.63) is 64.9 Å². The maximum atomic E-state index is 12.0. The number of aldehydes is 1. The van der Waals surface area contributed by atoms with Gasteiger partial charge in [0.1, 0.15) is 0 Å². The summed E-state index contributed by atoms with van der Waals surface area (Å²) in [6.07, 6.45) is 2.37. The van der Waals surface area contributed by atoms with Gasteiger partial charge >= 0.3 is 0 Å². The Morgan fingerprint density at radius 3 is 2.36 bits per heavy atom. The molecule has 0 aliphatic rings. The standard InChI is InChI=1S/C23H29N3O2/c1-5-6-23(25-19-10-7-17(8-11-19)14-26(3)4)21(15-27)20-13-18(16(2)28)9-12-22(20)24/h7-13,15,25H,5-6,14,24H2,1-4H3/b23-21+. The molecule has 5 nitrogen and oxygen atoms in total. The van der Waals surface area contributed by atoms with Crippen molar-refractivity contribution >= 4 is 29.0 Å². The zero-order valence-corrected chi connectivity index (χ0v) is 17.1. The van der Waals surface area contributed by atoms with Crippen molar-refractivity contribution in [3.8, 4) is 0 Å². The molecule has 0 saturated carbocycles. The number of nitrogens with one attached hydrogen (secondary N) is 1. The average Bonchev–Trinajstić information content (AvgIpc) is 2.65. The molecule has 3 N–H and O–H groups in total. The highest BCUT2D eigenvalue weighted by molar-refractivity contribution is 6.11. The van der Waals surface area contributed by atoms with E-state index in [0.717, 1.165) is 30.6 Å².